The van der Waals surface area contributed by atoms with Crippen molar-refractivity contribution in [2.45, 2.75) is 10.8 Å². The van der Waals surface area contributed by atoms with Crippen LogP contribution in [0.1, 0.15) is 44.5 Å². The van der Waals surface area contributed by atoms with Crippen molar-refractivity contribution in [1.29, 1.82) is 0 Å². The maximum Gasteiger partial charge on any atom is 0.0746 e. The van der Waals surface area contributed by atoms with Crippen molar-refractivity contribution in [2.24, 2.45) is 0 Å². The van der Waals surface area contributed by atoms with Crippen LogP contribution in [0.5, 0.6) is 0 Å². The van der Waals surface area contributed by atoms with Crippen LogP contribution in [0.25, 0.3) is 55.6 Å². The Morgan fingerprint density at radius 3 is 1.16 bits per heavy atom. The summed E-state index contributed by atoms with van der Waals surface area (Å²) in [7, 11) is 0. The lowest BCUT2D eigenvalue weighted by atomic mass is 9.67. The number of fused-ring (bicyclic) bond motifs is 13. The number of hydrogen-bond donors (Lipinski definition) is 0. The van der Waals surface area contributed by atoms with E-state index in [-0.39, 0.29) is 0 Å². The second-order valence-corrected chi connectivity index (χ2v) is 18.6. The van der Waals surface area contributed by atoms with E-state index in [4.69, 9.17) is 0 Å². The number of nitrogens with zero attached hydrogens (tertiary/aromatic N) is 1. The molecule has 1 nitrogen and oxygen atoms in total. The number of rotatable bonds is 7. The molecule has 0 saturated carbocycles. The van der Waals surface area contributed by atoms with Crippen LogP contribution in [0.15, 0.2) is 273 Å². The van der Waals surface area contributed by atoms with Crippen LogP contribution in [-0.4, -0.2) is 0 Å². The van der Waals surface area contributed by atoms with E-state index in [9.17, 15) is 0 Å². The van der Waals surface area contributed by atoms with Gasteiger partial charge in [-0.2, -0.15) is 0 Å². The minimum atomic E-state index is -0.559. The van der Waals surface area contributed by atoms with Gasteiger partial charge in [-0.1, -0.05) is 249 Å². The van der Waals surface area contributed by atoms with Gasteiger partial charge in [-0.25, -0.2) is 0 Å². The van der Waals surface area contributed by atoms with Crippen LogP contribution in [0.4, 0.5) is 17.1 Å². The first-order valence-electron chi connectivity index (χ1n) is 24.1. The molecule has 69 heavy (non-hydrogen) atoms. The molecule has 0 radical (unpaired) electrons. The topological polar surface area (TPSA) is 3.24 Å². The first-order valence-corrected chi connectivity index (χ1v) is 24.1. The molecule has 0 amide bonds. The van der Waals surface area contributed by atoms with Crippen LogP contribution in [0, 0.1) is 0 Å². The first-order chi connectivity index (χ1) is 34.3. The van der Waals surface area contributed by atoms with Gasteiger partial charge < -0.3 is 4.90 Å². The lowest BCUT2D eigenvalue weighted by molar-refractivity contribution is 0.768. The van der Waals surface area contributed by atoms with E-state index in [0.717, 1.165) is 17.1 Å². The molecule has 11 aromatic rings. The Kier molecular flexibility index (Phi) is 8.78. The average molecular weight is 876 g/mol. The van der Waals surface area contributed by atoms with E-state index >= 15 is 0 Å². The van der Waals surface area contributed by atoms with E-state index in [1.165, 1.54) is 100 Å². The fourth-order valence-electron chi connectivity index (χ4n) is 12.8. The predicted molar refractivity (Wildman–Crippen MR) is 286 cm³/mol. The van der Waals surface area contributed by atoms with Gasteiger partial charge in [0.05, 0.1) is 22.2 Å². The third-order valence-electron chi connectivity index (χ3n) is 15.4. The van der Waals surface area contributed by atoms with E-state index in [1.807, 2.05) is 0 Å². The Bertz CT molecular complexity index is 3670. The number of anilines is 3. The number of benzene rings is 11. The minimum Gasteiger partial charge on any atom is -0.310 e. The molecule has 11 aromatic carbocycles. The second-order valence-electron chi connectivity index (χ2n) is 18.6. The monoisotopic (exact) mass is 875 g/mol. The Morgan fingerprint density at radius 2 is 0.609 bits per heavy atom. The van der Waals surface area contributed by atoms with Crippen LogP contribution in [0.3, 0.4) is 0 Å². The summed E-state index contributed by atoms with van der Waals surface area (Å²) >= 11 is 0. The molecular formula is C68H45N. The standard InChI is InChI=1S/C68H45N/c1-4-22-46(23-5-1)51-28-10-11-29-52(51)47-42-44-50(45-43-47)69(63-40-21-39-62-65(63)57-33-15-19-38-61(57)67(62,48-24-6-2-7-25-48)49-26-8-3-9-27-49)64-41-20-34-56-55-32-14-18-37-60(55)68(66(56)64)58-35-16-12-30-53(58)54-31-13-17-36-59(54)68/h1-45H. The summed E-state index contributed by atoms with van der Waals surface area (Å²) in [6.07, 6.45) is 0. The molecule has 322 valence electrons. The third-order valence-corrected chi connectivity index (χ3v) is 15.4. The van der Waals surface area contributed by atoms with E-state index in [1.54, 1.807) is 0 Å². The van der Waals surface area contributed by atoms with E-state index in [0.29, 0.717) is 0 Å². The van der Waals surface area contributed by atoms with Crippen LogP contribution in [0.2, 0.25) is 0 Å². The molecule has 1 spiro atoms. The van der Waals surface area contributed by atoms with Crippen molar-refractivity contribution in [1.82, 2.24) is 0 Å². The molecule has 0 bridgehead atoms. The molecule has 0 saturated heterocycles. The first kappa shape index (κ1) is 39.4. The molecule has 0 unspecified atom stereocenters. The zero-order valence-electron chi connectivity index (χ0n) is 37.9. The Balaban J connectivity index is 1.08. The normalized spacial score (nSPS) is 13.7. The highest BCUT2D eigenvalue weighted by Crippen LogP contribution is 2.66. The summed E-state index contributed by atoms with van der Waals surface area (Å²) in [5, 5.41) is 0. The zero-order valence-corrected chi connectivity index (χ0v) is 37.9. The van der Waals surface area contributed by atoms with Gasteiger partial charge in [-0.15, -0.1) is 0 Å². The molecule has 1 heteroatoms. The predicted octanol–water partition coefficient (Wildman–Crippen LogP) is 17.2. The summed E-state index contributed by atoms with van der Waals surface area (Å²) in [6, 6.07) is 102. The maximum atomic E-state index is 2.60. The lowest BCUT2D eigenvalue weighted by Crippen LogP contribution is -2.29. The van der Waals surface area contributed by atoms with Crippen molar-refractivity contribution in [3.05, 3.63) is 317 Å². The fourth-order valence-corrected chi connectivity index (χ4v) is 12.8. The van der Waals surface area contributed by atoms with Gasteiger partial charge in [-0.05, 0) is 113 Å². The molecule has 3 aliphatic carbocycles. The summed E-state index contributed by atoms with van der Waals surface area (Å²) in [6.45, 7) is 0. The van der Waals surface area contributed by atoms with E-state index in [2.05, 4.69) is 278 Å². The highest BCUT2D eigenvalue weighted by molar-refractivity contribution is 6.03. The van der Waals surface area contributed by atoms with Crippen molar-refractivity contribution in [2.75, 3.05) is 4.90 Å². The van der Waals surface area contributed by atoms with Gasteiger partial charge in [0, 0.05) is 16.8 Å². The highest BCUT2D eigenvalue weighted by atomic mass is 15.2. The molecule has 0 N–H and O–H groups in total. The summed E-state index contributed by atoms with van der Waals surface area (Å²) in [5.41, 5.74) is 25.1. The average Bonchev–Trinajstić information content (AvgIpc) is 4.03. The number of hydrogen-bond acceptors (Lipinski definition) is 1. The summed E-state index contributed by atoms with van der Waals surface area (Å²) in [4.78, 5) is 2.60. The fraction of sp³-hybridized carbons (Fsp3) is 0.0294. The molecule has 0 atom stereocenters. The Morgan fingerprint density at radius 1 is 0.232 bits per heavy atom. The van der Waals surface area contributed by atoms with Crippen LogP contribution in [-0.2, 0) is 10.8 Å². The van der Waals surface area contributed by atoms with Crippen LogP contribution < -0.4 is 4.90 Å². The van der Waals surface area contributed by atoms with Crippen molar-refractivity contribution in [3.8, 4) is 55.6 Å². The second kappa shape index (κ2) is 15.4. The van der Waals surface area contributed by atoms with Crippen molar-refractivity contribution < 1.29 is 0 Å². The third kappa shape index (κ3) is 5.47. The molecule has 14 rings (SSSR count). The summed E-state index contributed by atoms with van der Waals surface area (Å²) < 4.78 is 0. The minimum absolute atomic E-state index is 0.555. The Labute approximate surface area is 403 Å². The zero-order chi connectivity index (χ0) is 45.5. The molecule has 0 heterocycles. The quantitative estimate of drug-likeness (QED) is 0.154. The van der Waals surface area contributed by atoms with Gasteiger partial charge in [0.15, 0.2) is 0 Å². The van der Waals surface area contributed by atoms with E-state index < -0.39 is 10.8 Å². The van der Waals surface area contributed by atoms with Gasteiger partial charge in [0.1, 0.15) is 0 Å². The lowest BCUT2D eigenvalue weighted by Gasteiger charge is -2.37. The molecule has 0 aromatic heterocycles. The molecule has 0 aliphatic heterocycles. The summed E-state index contributed by atoms with van der Waals surface area (Å²) in [5.74, 6) is 0. The Hall–Kier alpha value is -8.78. The SMILES string of the molecule is c1ccc(-c2ccccc2-c2ccc(N(c3cccc4c3-c3ccccc3C4(c3ccccc3)c3ccccc3)c3cccc4c3C3(c5ccccc5-c5ccccc53)c3ccccc3-4)cc2)cc1. The highest BCUT2D eigenvalue weighted by Gasteiger charge is 2.54. The van der Waals surface area contributed by atoms with Gasteiger partial charge >= 0.3 is 0 Å². The van der Waals surface area contributed by atoms with Gasteiger partial charge in [-0.3, -0.25) is 0 Å². The van der Waals surface area contributed by atoms with Crippen molar-refractivity contribution in [3.63, 3.8) is 0 Å². The van der Waals surface area contributed by atoms with Crippen molar-refractivity contribution >= 4 is 17.1 Å². The largest absolute Gasteiger partial charge is 0.310 e. The molecule has 0 fully saturated rings. The molecule has 3 aliphatic rings. The van der Waals surface area contributed by atoms with Gasteiger partial charge in [0.25, 0.3) is 0 Å². The smallest absolute Gasteiger partial charge is 0.0746 e. The van der Waals surface area contributed by atoms with Gasteiger partial charge in [0.2, 0.25) is 0 Å². The maximum absolute atomic E-state index is 2.60. The molecular weight excluding hydrogens is 831 g/mol. The van der Waals surface area contributed by atoms with Crippen LogP contribution >= 0.6 is 0 Å².